The second-order valence-electron chi connectivity index (χ2n) is 4.02. The Kier molecular flexibility index (Phi) is 8.35. The minimum absolute atomic E-state index is 0.549. The van der Waals surface area contributed by atoms with Crippen LogP contribution in [0.3, 0.4) is 0 Å². The van der Waals surface area contributed by atoms with E-state index < -0.39 is 11.7 Å². The van der Waals surface area contributed by atoms with Gasteiger partial charge in [-0.3, -0.25) is 0 Å². The lowest BCUT2D eigenvalue weighted by Gasteiger charge is -2.30. The SMILES string of the molecule is CC.CC.CCN1CCCc2ccc(C(F)(F)F)cc21. The van der Waals surface area contributed by atoms with Gasteiger partial charge < -0.3 is 4.90 Å². The van der Waals surface area contributed by atoms with E-state index in [1.807, 2.05) is 39.5 Å². The molecule has 1 aromatic rings. The molecule has 0 amide bonds. The van der Waals surface area contributed by atoms with E-state index in [0.29, 0.717) is 0 Å². The maximum atomic E-state index is 12.6. The zero-order valence-corrected chi connectivity index (χ0v) is 13.1. The second kappa shape index (κ2) is 8.88. The number of rotatable bonds is 1. The third-order valence-corrected chi connectivity index (χ3v) is 3.01. The van der Waals surface area contributed by atoms with Crippen molar-refractivity contribution in [1.29, 1.82) is 0 Å². The summed E-state index contributed by atoms with van der Waals surface area (Å²) in [5, 5.41) is 0. The monoisotopic (exact) mass is 289 g/mol. The second-order valence-corrected chi connectivity index (χ2v) is 4.02. The number of aryl methyl sites for hydroxylation is 1. The van der Waals surface area contributed by atoms with Crippen molar-refractivity contribution >= 4 is 5.69 Å². The molecule has 0 spiro atoms. The van der Waals surface area contributed by atoms with Crippen LogP contribution in [0.15, 0.2) is 18.2 Å². The fourth-order valence-corrected chi connectivity index (χ4v) is 2.16. The van der Waals surface area contributed by atoms with Crippen molar-refractivity contribution in [2.45, 2.75) is 53.6 Å². The third-order valence-electron chi connectivity index (χ3n) is 3.01. The average Bonchev–Trinajstić information content (AvgIpc) is 2.49. The van der Waals surface area contributed by atoms with Gasteiger partial charge in [0.2, 0.25) is 0 Å². The Morgan fingerprint density at radius 3 is 2.20 bits per heavy atom. The lowest BCUT2D eigenvalue weighted by atomic mass is 9.99. The molecule has 4 heteroatoms. The summed E-state index contributed by atoms with van der Waals surface area (Å²) in [4.78, 5) is 2.01. The van der Waals surface area contributed by atoms with Crippen LogP contribution >= 0.6 is 0 Å². The molecule has 0 atom stereocenters. The molecule has 20 heavy (non-hydrogen) atoms. The number of halogens is 3. The van der Waals surface area contributed by atoms with Gasteiger partial charge in [0.15, 0.2) is 0 Å². The van der Waals surface area contributed by atoms with Gasteiger partial charge in [-0.15, -0.1) is 0 Å². The first-order chi connectivity index (χ1) is 9.52. The van der Waals surface area contributed by atoms with E-state index in [-0.39, 0.29) is 0 Å². The molecule has 0 saturated carbocycles. The minimum Gasteiger partial charge on any atom is -0.372 e. The quantitative estimate of drug-likeness (QED) is 0.657. The molecule has 1 aromatic carbocycles. The lowest BCUT2D eigenvalue weighted by Crippen LogP contribution is -2.29. The van der Waals surface area contributed by atoms with Gasteiger partial charge in [-0.05, 0) is 37.5 Å². The van der Waals surface area contributed by atoms with Gasteiger partial charge in [0.05, 0.1) is 5.56 Å². The largest absolute Gasteiger partial charge is 0.416 e. The summed E-state index contributed by atoms with van der Waals surface area (Å²) >= 11 is 0. The molecule has 2 rings (SSSR count). The Bertz CT molecular complexity index is 386. The van der Waals surface area contributed by atoms with Crippen molar-refractivity contribution in [2.75, 3.05) is 18.0 Å². The highest BCUT2D eigenvalue weighted by Gasteiger charge is 2.31. The molecule has 0 saturated heterocycles. The molecule has 0 aliphatic carbocycles. The van der Waals surface area contributed by atoms with Crippen LogP contribution in [-0.4, -0.2) is 13.1 Å². The lowest BCUT2D eigenvalue weighted by molar-refractivity contribution is -0.137. The van der Waals surface area contributed by atoms with Crippen LogP contribution in [0.2, 0.25) is 0 Å². The van der Waals surface area contributed by atoms with Crippen LogP contribution < -0.4 is 4.90 Å². The van der Waals surface area contributed by atoms with E-state index in [2.05, 4.69) is 0 Å². The molecule has 1 nitrogen and oxygen atoms in total. The topological polar surface area (TPSA) is 3.24 Å². The molecular formula is C16H26F3N. The van der Waals surface area contributed by atoms with Crippen LogP contribution in [0.5, 0.6) is 0 Å². The molecule has 1 aliphatic heterocycles. The average molecular weight is 289 g/mol. The zero-order valence-electron chi connectivity index (χ0n) is 13.1. The van der Waals surface area contributed by atoms with Crippen LogP contribution in [0.1, 0.15) is 52.2 Å². The zero-order chi connectivity index (χ0) is 15.8. The molecule has 0 fully saturated rings. The third kappa shape index (κ3) is 4.73. The first-order valence-electron chi connectivity index (χ1n) is 7.47. The molecule has 0 bridgehead atoms. The van der Waals surface area contributed by atoms with Gasteiger partial charge in [0.1, 0.15) is 0 Å². The number of alkyl halides is 3. The van der Waals surface area contributed by atoms with Gasteiger partial charge in [-0.25, -0.2) is 0 Å². The Morgan fingerprint density at radius 1 is 1.10 bits per heavy atom. The van der Waals surface area contributed by atoms with Crippen molar-refractivity contribution < 1.29 is 13.2 Å². The summed E-state index contributed by atoms with van der Waals surface area (Å²) in [6, 6.07) is 4.07. The highest BCUT2D eigenvalue weighted by molar-refractivity contribution is 5.57. The molecule has 116 valence electrons. The molecule has 0 aromatic heterocycles. The van der Waals surface area contributed by atoms with E-state index in [9.17, 15) is 13.2 Å². The van der Waals surface area contributed by atoms with Crippen molar-refractivity contribution in [3.05, 3.63) is 29.3 Å². The van der Waals surface area contributed by atoms with Gasteiger partial charge >= 0.3 is 6.18 Å². The van der Waals surface area contributed by atoms with Crippen LogP contribution in [0.4, 0.5) is 18.9 Å². The maximum Gasteiger partial charge on any atom is 0.416 e. The summed E-state index contributed by atoms with van der Waals surface area (Å²) in [6.07, 6.45) is -2.35. The predicted octanol–water partition coefficient (Wildman–Crippen LogP) is 5.53. The fraction of sp³-hybridized carbons (Fsp3) is 0.625. The molecule has 0 N–H and O–H groups in total. The van der Waals surface area contributed by atoms with Gasteiger partial charge in [-0.1, -0.05) is 33.8 Å². The Balaban J connectivity index is 0.000000829. The first-order valence-corrected chi connectivity index (χ1v) is 7.47. The van der Waals surface area contributed by atoms with Crippen molar-refractivity contribution in [3.63, 3.8) is 0 Å². The number of benzene rings is 1. The number of fused-ring (bicyclic) bond motifs is 1. The molecule has 0 radical (unpaired) electrons. The van der Waals surface area contributed by atoms with Crippen molar-refractivity contribution in [3.8, 4) is 0 Å². The Labute approximate surface area is 120 Å². The molecular weight excluding hydrogens is 263 g/mol. The Morgan fingerprint density at radius 2 is 1.70 bits per heavy atom. The van der Waals surface area contributed by atoms with Crippen LogP contribution in [0.25, 0.3) is 0 Å². The highest BCUT2D eigenvalue weighted by atomic mass is 19.4. The summed E-state index contributed by atoms with van der Waals surface area (Å²) in [6.45, 7) is 11.6. The van der Waals surface area contributed by atoms with E-state index in [1.165, 1.54) is 12.1 Å². The first kappa shape index (κ1) is 18.8. The molecule has 0 unspecified atom stereocenters. The van der Waals surface area contributed by atoms with E-state index >= 15 is 0 Å². The van der Waals surface area contributed by atoms with E-state index in [4.69, 9.17) is 0 Å². The number of anilines is 1. The summed E-state index contributed by atoms with van der Waals surface area (Å²) in [7, 11) is 0. The summed E-state index contributed by atoms with van der Waals surface area (Å²) in [5.41, 5.74) is 1.23. The van der Waals surface area contributed by atoms with Gasteiger partial charge in [-0.2, -0.15) is 13.2 Å². The Hall–Kier alpha value is -1.19. The number of nitrogens with zero attached hydrogens (tertiary/aromatic N) is 1. The normalized spacial score (nSPS) is 13.5. The van der Waals surface area contributed by atoms with Crippen LogP contribution in [-0.2, 0) is 12.6 Å². The standard InChI is InChI=1S/C12H14F3N.2C2H6/c1-2-16-7-3-4-9-5-6-10(8-11(9)16)12(13,14)15;2*1-2/h5-6,8H,2-4,7H2,1H3;2*1-2H3. The van der Waals surface area contributed by atoms with Gasteiger partial charge in [0, 0.05) is 18.8 Å². The maximum absolute atomic E-state index is 12.6. The highest BCUT2D eigenvalue weighted by Crippen LogP contribution is 2.35. The van der Waals surface area contributed by atoms with Crippen molar-refractivity contribution in [1.82, 2.24) is 0 Å². The number of hydrogen-bond donors (Lipinski definition) is 0. The fourth-order valence-electron chi connectivity index (χ4n) is 2.16. The van der Waals surface area contributed by atoms with Gasteiger partial charge in [0.25, 0.3) is 0 Å². The molecule has 1 aliphatic rings. The minimum atomic E-state index is -4.24. The summed E-state index contributed by atoms with van der Waals surface area (Å²) < 4.78 is 37.7. The van der Waals surface area contributed by atoms with Crippen molar-refractivity contribution in [2.24, 2.45) is 0 Å². The number of hydrogen-bond acceptors (Lipinski definition) is 1. The van der Waals surface area contributed by atoms with Crippen LogP contribution in [0, 0.1) is 0 Å². The molecule has 1 heterocycles. The van der Waals surface area contributed by atoms with E-state index in [1.54, 1.807) is 6.07 Å². The predicted molar refractivity (Wildman–Crippen MR) is 80.3 cm³/mol. The summed E-state index contributed by atoms with van der Waals surface area (Å²) in [5.74, 6) is 0. The smallest absolute Gasteiger partial charge is 0.372 e. The van der Waals surface area contributed by atoms with E-state index in [0.717, 1.165) is 37.2 Å².